The van der Waals surface area contributed by atoms with Gasteiger partial charge in [0.15, 0.2) is 11.5 Å². The van der Waals surface area contributed by atoms with E-state index in [1.54, 1.807) is 11.8 Å². The Labute approximate surface area is 134 Å². The number of rotatable bonds is 6. The van der Waals surface area contributed by atoms with Gasteiger partial charge in [-0.3, -0.25) is 9.59 Å². The molecule has 0 aliphatic carbocycles. The molecule has 1 aromatic rings. The Bertz CT molecular complexity index is 613. The molecule has 126 valence electrons. The largest absolute Gasteiger partial charge is 0.502 e. The molecule has 0 aromatic heterocycles. The summed E-state index contributed by atoms with van der Waals surface area (Å²) in [5.41, 5.74) is 1.08. The zero-order valence-corrected chi connectivity index (χ0v) is 13.5. The minimum atomic E-state index is -0.327. The molecular formula is C16H21NO6. The maximum Gasteiger partial charge on any atom is 0.307 e. The minimum absolute atomic E-state index is 0.110. The van der Waals surface area contributed by atoms with Crippen LogP contribution in [0.5, 0.6) is 17.2 Å². The summed E-state index contributed by atoms with van der Waals surface area (Å²) in [7, 11) is 2.85. The van der Waals surface area contributed by atoms with E-state index in [1.807, 2.05) is 0 Å². The summed E-state index contributed by atoms with van der Waals surface area (Å²) in [5, 5.41) is 10.1. The highest BCUT2D eigenvalue weighted by atomic mass is 16.5. The second-order valence-corrected chi connectivity index (χ2v) is 5.08. The van der Waals surface area contributed by atoms with Crippen LogP contribution in [-0.4, -0.2) is 55.8 Å². The lowest BCUT2D eigenvalue weighted by atomic mass is 9.96. The van der Waals surface area contributed by atoms with Crippen molar-refractivity contribution in [3.8, 4) is 17.2 Å². The van der Waals surface area contributed by atoms with E-state index in [0.717, 1.165) is 0 Å². The molecule has 1 heterocycles. The molecule has 0 radical (unpaired) electrons. The first-order valence-electron chi connectivity index (χ1n) is 7.45. The second kappa shape index (κ2) is 7.21. The van der Waals surface area contributed by atoms with Crippen molar-refractivity contribution < 1.29 is 28.9 Å². The van der Waals surface area contributed by atoms with Gasteiger partial charge in [-0.25, -0.2) is 0 Å². The summed E-state index contributed by atoms with van der Waals surface area (Å²) in [5.74, 6) is -0.209. The van der Waals surface area contributed by atoms with Crippen LogP contribution in [0.25, 0.3) is 0 Å². The highest BCUT2D eigenvalue weighted by Crippen LogP contribution is 2.42. The van der Waals surface area contributed by atoms with Crippen molar-refractivity contribution in [1.29, 1.82) is 0 Å². The normalized spacial score (nSPS) is 13.5. The van der Waals surface area contributed by atoms with Gasteiger partial charge < -0.3 is 24.2 Å². The SMILES string of the molecule is CCOC(=O)CCN1CCc2c(cc(OC)c(O)c2OC)C1=O. The molecule has 23 heavy (non-hydrogen) atoms. The van der Waals surface area contributed by atoms with E-state index in [-0.39, 0.29) is 35.5 Å². The van der Waals surface area contributed by atoms with Crippen molar-refractivity contribution in [2.24, 2.45) is 0 Å². The number of nitrogens with zero attached hydrogens (tertiary/aromatic N) is 1. The van der Waals surface area contributed by atoms with E-state index in [9.17, 15) is 14.7 Å². The molecule has 1 aliphatic rings. The minimum Gasteiger partial charge on any atom is -0.502 e. The van der Waals surface area contributed by atoms with Gasteiger partial charge >= 0.3 is 5.97 Å². The van der Waals surface area contributed by atoms with Crippen LogP contribution in [0.4, 0.5) is 0 Å². The number of carbonyl (C=O) groups excluding carboxylic acids is 2. The van der Waals surface area contributed by atoms with E-state index >= 15 is 0 Å². The molecule has 1 aliphatic heterocycles. The van der Waals surface area contributed by atoms with Crippen LogP contribution in [-0.2, 0) is 16.0 Å². The van der Waals surface area contributed by atoms with Crippen LogP contribution in [0.3, 0.4) is 0 Å². The third-order valence-electron chi connectivity index (χ3n) is 3.79. The average Bonchev–Trinajstić information content (AvgIpc) is 2.54. The van der Waals surface area contributed by atoms with E-state index in [1.165, 1.54) is 20.3 Å². The van der Waals surface area contributed by atoms with Gasteiger partial charge in [0.2, 0.25) is 5.75 Å². The highest BCUT2D eigenvalue weighted by molar-refractivity contribution is 5.98. The molecule has 0 unspecified atom stereocenters. The van der Waals surface area contributed by atoms with Gasteiger partial charge in [-0.2, -0.15) is 0 Å². The standard InChI is InChI=1S/C16H21NO6/c1-4-23-13(18)6-8-17-7-5-10-11(16(17)20)9-12(21-2)14(19)15(10)22-3/h9,19H,4-8H2,1-3H3. The molecule has 7 nitrogen and oxygen atoms in total. The molecular weight excluding hydrogens is 302 g/mol. The van der Waals surface area contributed by atoms with Gasteiger partial charge in [0.1, 0.15) is 0 Å². The molecule has 2 rings (SSSR count). The van der Waals surface area contributed by atoms with Crippen molar-refractivity contribution in [2.75, 3.05) is 33.9 Å². The first kappa shape index (κ1) is 16.9. The van der Waals surface area contributed by atoms with Crippen molar-refractivity contribution in [1.82, 2.24) is 4.90 Å². The molecule has 0 atom stereocenters. The van der Waals surface area contributed by atoms with Crippen molar-refractivity contribution in [2.45, 2.75) is 19.8 Å². The quantitative estimate of drug-likeness (QED) is 0.796. The van der Waals surface area contributed by atoms with E-state index in [0.29, 0.717) is 37.2 Å². The number of benzene rings is 1. The molecule has 7 heteroatoms. The number of esters is 1. The van der Waals surface area contributed by atoms with Crippen LogP contribution >= 0.6 is 0 Å². The molecule has 0 saturated carbocycles. The van der Waals surface area contributed by atoms with Gasteiger partial charge in [0.25, 0.3) is 5.91 Å². The monoisotopic (exact) mass is 323 g/mol. The summed E-state index contributed by atoms with van der Waals surface area (Å²) in [6.45, 7) is 2.81. The predicted molar refractivity (Wildman–Crippen MR) is 82.1 cm³/mol. The fourth-order valence-corrected chi connectivity index (χ4v) is 2.67. The zero-order valence-electron chi connectivity index (χ0n) is 13.5. The van der Waals surface area contributed by atoms with Gasteiger partial charge in [0, 0.05) is 18.7 Å². The van der Waals surface area contributed by atoms with Crippen LogP contribution in [0.15, 0.2) is 6.07 Å². The summed E-state index contributed by atoms with van der Waals surface area (Å²) in [6, 6.07) is 1.51. The van der Waals surface area contributed by atoms with Crippen LogP contribution in [0, 0.1) is 0 Å². The van der Waals surface area contributed by atoms with Crippen molar-refractivity contribution in [3.05, 3.63) is 17.2 Å². The number of methoxy groups -OCH3 is 2. The summed E-state index contributed by atoms with van der Waals surface area (Å²) in [6.07, 6.45) is 0.686. The first-order valence-corrected chi connectivity index (χ1v) is 7.45. The Morgan fingerprint density at radius 3 is 2.70 bits per heavy atom. The topological polar surface area (TPSA) is 85.3 Å². The van der Waals surface area contributed by atoms with E-state index < -0.39 is 0 Å². The molecule has 0 saturated heterocycles. The molecule has 0 fully saturated rings. The molecule has 0 spiro atoms. The lowest BCUT2D eigenvalue weighted by molar-refractivity contribution is -0.143. The maximum absolute atomic E-state index is 12.6. The zero-order chi connectivity index (χ0) is 17.0. The molecule has 1 aromatic carbocycles. The Balaban J connectivity index is 2.24. The first-order chi connectivity index (χ1) is 11.0. The van der Waals surface area contributed by atoms with Crippen molar-refractivity contribution in [3.63, 3.8) is 0 Å². The lowest BCUT2D eigenvalue weighted by Crippen LogP contribution is -2.39. The lowest BCUT2D eigenvalue weighted by Gasteiger charge is -2.30. The average molecular weight is 323 g/mol. The summed E-state index contributed by atoms with van der Waals surface area (Å²) in [4.78, 5) is 25.7. The fourth-order valence-electron chi connectivity index (χ4n) is 2.67. The molecule has 1 N–H and O–H groups in total. The smallest absolute Gasteiger partial charge is 0.307 e. The van der Waals surface area contributed by atoms with Gasteiger partial charge in [-0.05, 0) is 19.4 Å². The number of amides is 1. The Morgan fingerprint density at radius 1 is 1.35 bits per heavy atom. The predicted octanol–water partition coefficient (Wildman–Crippen LogP) is 1.36. The van der Waals surface area contributed by atoms with Crippen LogP contribution < -0.4 is 9.47 Å². The number of phenols is 1. The molecule has 0 bridgehead atoms. The van der Waals surface area contributed by atoms with Crippen LogP contribution in [0.1, 0.15) is 29.3 Å². The summed E-state index contributed by atoms with van der Waals surface area (Å²) < 4.78 is 15.2. The number of ether oxygens (including phenoxy) is 3. The van der Waals surface area contributed by atoms with E-state index in [2.05, 4.69) is 0 Å². The number of aromatic hydroxyl groups is 1. The van der Waals surface area contributed by atoms with Crippen molar-refractivity contribution >= 4 is 11.9 Å². The third-order valence-corrected chi connectivity index (χ3v) is 3.79. The molecule has 1 amide bonds. The number of carbonyl (C=O) groups is 2. The van der Waals surface area contributed by atoms with Gasteiger partial charge in [-0.15, -0.1) is 0 Å². The number of hydrogen-bond donors (Lipinski definition) is 1. The van der Waals surface area contributed by atoms with Gasteiger partial charge in [0.05, 0.1) is 32.8 Å². The highest BCUT2D eigenvalue weighted by Gasteiger charge is 2.30. The third kappa shape index (κ3) is 3.33. The number of fused-ring (bicyclic) bond motifs is 1. The van der Waals surface area contributed by atoms with Crippen LogP contribution in [0.2, 0.25) is 0 Å². The Kier molecular flexibility index (Phi) is 5.31. The Morgan fingerprint density at radius 2 is 2.09 bits per heavy atom. The number of phenolic OH excluding ortho intramolecular Hbond substituents is 1. The van der Waals surface area contributed by atoms with Gasteiger partial charge in [-0.1, -0.05) is 0 Å². The van der Waals surface area contributed by atoms with E-state index in [4.69, 9.17) is 14.2 Å². The second-order valence-electron chi connectivity index (χ2n) is 5.08. The number of hydrogen-bond acceptors (Lipinski definition) is 6. The Hall–Kier alpha value is -2.44. The maximum atomic E-state index is 12.6. The fraction of sp³-hybridized carbons (Fsp3) is 0.500. The summed E-state index contributed by atoms with van der Waals surface area (Å²) >= 11 is 0.